The number of hydrogen-bond acceptors (Lipinski definition) is 3. The van der Waals surface area contributed by atoms with Crippen LogP contribution in [-0.2, 0) is 9.53 Å². The molecule has 0 aromatic heterocycles. The Kier molecular flexibility index (Phi) is 4.40. The van der Waals surface area contributed by atoms with Crippen LogP contribution in [0.4, 0.5) is 0 Å². The number of hydrogen-bond donors (Lipinski definition) is 1. The van der Waals surface area contributed by atoms with Crippen molar-refractivity contribution in [1.29, 1.82) is 0 Å². The molecule has 1 saturated carbocycles. The summed E-state index contributed by atoms with van der Waals surface area (Å²) in [5.74, 6) is 0.559. The van der Waals surface area contributed by atoms with Gasteiger partial charge in [-0.15, -0.1) is 0 Å². The molecule has 0 spiro atoms. The van der Waals surface area contributed by atoms with Crippen molar-refractivity contribution in [2.45, 2.75) is 50.7 Å². The van der Waals surface area contributed by atoms with Crippen LogP contribution in [0, 0.1) is 5.92 Å². The zero-order valence-electron chi connectivity index (χ0n) is 10.6. The monoisotopic (exact) mass is 241 g/mol. The van der Waals surface area contributed by atoms with Crippen molar-refractivity contribution in [3.8, 4) is 0 Å². The first-order valence-electron chi connectivity index (χ1n) is 6.70. The van der Waals surface area contributed by atoms with Crippen LogP contribution >= 0.6 is 0 Å². The van der Waals surface area contributed by atoms with Crippen LogP contribution in [0.1, 0.15) is 38.5 Å². The Labute approximate surface area is 103 Å². The predicted molar refractivity (Wildman–Crippen MR) is 64.6 cm³/mol. The van der Waals surface area contributed by atoms with E-state index >= 15 is 0 Å². The zero-order valence-corrected chi connectivity index (χ0v) is 10.6. The molecule has 0 aromatic carbocycles. The highest BCUT2D eigenvalue weighted by molar-refractivity contribution is 5.75. The van der Waals surface area contributed by atoms with E-state index in [0.717, 1.165) is 38.7 Å². The fraction of sp³-hybridized carbons (Fsp3) is 0.923. The summed E-state index contributed by atoms with van der Waals surface area (Å²) in [6.07, 6.45) is 5.74. The summed E-state index contributed by atoms with van der Waals surface area (Å²) in [6, 6.07) is 0. The normalized spacial score (nSPS) is 25.9. The summed E-state index contributed by atoms with van der Waals surface area (Å²) >= 11 is 0. The molecule has 2 unspecified atom stereocenters. The Morgan fingerprint density at radius 2 is 2.24 bits per heavy atom. The standard InChI is InChI=1S/C13H23NO3/c1-14(9-12(15)10-4-5-10)13(16)7-6-11-3-2-8-17-11/h10-12,15H,2-9H2,1H3. The van der Waals surface area contributed by atoms with Crippen molar-refractivity contribution in [2.75, 3.05) is 20.2 Å². The smallest absolute Gasteiger partial charge is 0.222 e. The lowest BCUT2D eigenvalue weighted by molar-refractivity contribution is -0.132. The van der Waals surface area contributed by atoms with Gasteiger partial charge in [0.05, 0.1) is 12.2 Å². The van der Waals surface area contributed by atoms with Crippen LogP contribution in [0.15, 0.2) is 0 Å². The summed E-state index contributed by atoms with van der Waals surface area (Å²) in [5.41, 5.74) is 0. The van der Waals surface area contributed by atoms with Crippen molar-refractivity contribution in [1.82, 2.24) is 4.90 Å². The topological polar surface area (TPSA) is 49.8 Å². The first kappa shape index (κ1) is 12.8. The van der Waals surface area contributed by atoms with E-state index in [1.54, 1.807) is 11.9 Å². The average molecular weight is 241 g/mol. The van der Waals surface area contributed by atoms with Crippen molar-refractivity contribution in [2.24, 2.45) is 5.92 Å². The molecule has 1 aliphatic carbocycles. The van der Waals surface area contributed by atoms with E-state index in [1.165, 1.54) is 0 Å². The molecule has 98 valence electrons. The molecule has 0 bridgehead atoms. The molecule has 2 aliphatic rings. The number of carbonyl (C=O) groups is 1. The Morgan fingerprint density at radius 3 is 2.82 bits per heavy atom. The molecule has 0 radical (unpaired) electrons. The van der Waals surface area contributed by atoms with Gasteiger partial charge in [-0.25, -0.2) is 0 Å². The van der Waals surface area contributed by atoms with Crippen molar-refractivity contribution in [3.63, 3.8) is 0 Å². The van der Waals surface area contributed by atoms with Gasteiger partial charge in [-0.05, 0) is 38.0 Å². The molecule has 2 atom stereocenters. The third-order valence-corrected chi connectivity index (χ3v) is 3.76. The predicted octanol–water partition coefficient (Wildman–Crippen LogP) is 1.17. The van der Waals surface area contributed by atoms with Crippen LogP contribution in [0.25, 0.3) is 0 Å². The molecule has 1 saturated heterocycles. The van der Waals surface area contributed by atoms with E-state index in [9.17, 15) is 9.90 Å². The first-order valence-corrected chi connectivity index (χ1v) is 6.70. The molecule has 4 nitrogen and oxygen atoms in total. The minimum absolute atomic E-state index is 0.125. The van der Waals surface area contributed by atoms with Gasteiger partial charge in [0, 0.05) is 26.6 Å². The van der Waals surface area contributed by atoms with Crippen molar-refractivity contribution >= 4 is 5.91 Å². The molecule has 0 aromatic rings. The van der Waals surface area contributed by atoms with Gasteiger partial charge in [0.1, 0.15) is 0 Å². The van der Waals surface area contributed by atoms with Gasteiger partial charge in [-0.1, -0.05) is 0 Å². The number of amides is 1. The van der Waals surface area contributed by atoms with E-state index in [1.807, 2.05) is 0 Å². The maximum Gasteiger partial charge on any atom is 0.222 e. The molecule has 4 heteroatoms. The minimum atomic E-state index is -0.327. The molecular formula is C13H23NO3. The minimum Gasteiger partial charge on any atom is -0.391 e. The van der Waals surface area contributed by atoms with E-state index in [4.69, 9.17) is 4.74 Å². The maximum absolute atomic E-state index is 11.8. The first-order chi connectivity index (χ1) is 8.16. The summed E-state index contributed by atoms with van der Waals surface area (Å²) in [7, 11) is 1.78. The van der Waals surface area contributed by atoms with E-state index < -0.39 is 0 Å². The SMILES string of the molecule is CN(CC(O)C1CC1)C(=O)CCC1CCCO1. The lowest BCUT2D eigenvalue weighted by atomic mass is 10.1. The van der Waals surface area contributed by atoms with Gasteiger partial charge in [-0.3, -0.25) is 4.79 Å². The summed E-state index contributed by atoms with van der Waals surface area (Å²) < 4.78 is 5.49. The zero-order chi connectivity index (χ0) is 12.3. The highest BCUT2D eigenvalue weighted by atomic mass is 16.5. The summed E-state index contributed by atoms with van der Waals surface area (Å²) in [6.45, 7) is 1.32. The second-order valence-electron chi connectivity index (χ2n) is 5.35. The third kappa shape index (κ3) is 3.96. The Balaban J connectivity index is 1.63. The number of ether oxygens (including phenoxy) is 1. The van der Waals surface area contributed by atoms with Crippen LogP contribution in [0.3, 0.4) is 0 Å². The summed E-state index contributed by atoms with van der Waals surface area (Å²) in [4.78, 5) is 13.5. The number of rotatable bonds is 6. The molecular weight excluding hydrogens is 218 g/mol. The van der Waals surface area contributed by atoms with Gasteiger partial charge < -0.3 is 14.7 Å². The number of likely N-dealkylation sites (N-methyl/N-ethyl adjacent to an activating group) is 1. The Hall–Kier alpha value is -0.610. The van der Waals surface area contributed by atoms with E-state index in [0.29, 0.717) is 18.9 Å². The number of carbonyl (C=O) groups excluding carboxylic acids is 1. The van der Waals surface area contributed by atoms with Crippen LogP contribution < -0.4 is 0 Å². The average Bonchev–Trinajstić information content (AvgIpc) is 3.04. The lowest BCUT2D eigenvalue weighted by Gasteiger charge is -2.21. The highest BCUT2D eigenvalue weighted by Gasteiger charge is 2.31. The number of aliphatic hydroxyl groups is 1. The van der Waals surface area contributed by atoms with Crippen LogP contribution in [-0.4, -0.2) is 48.3 Å². The fourth-order valence-corrected chi connectivity index (χ4v) is 2.36. The second kappa shape index (κ2) is 5.83. The quantitative estimate of drug-likeness (QED) is 0.759. The largest absolute Gasteiger partial charge is 0.391 e. The molecule has 1 amide bonds. The number of nitrogens with zero attached hydrogens (tertiary/aromatic N) is 1. The molecule has 1 heterocycles. The number of aliphatic hydroxyl groups excluding tert-OH is 1. The molecule has 2 fully saturated rings. The molecule has 2 rings (SSSR count). The summed E-state index contributed by atoms with van der Waals surface area (Å²) in [5, 5.41) is 9.77. The lowest BCUT2D eigenvalue weighted by Crippen LogP contribution is -2.35. The van der Waals surface area contributed by atoms with Gasteiger partial charge >= 0.3 is 0 Å². The van der Waals surface area contributed by atoms with Crippen molar-refractivity contribution in [3.05, 3.63) is 0 Å². The second-order valence-corrected chi connectivity index (χ2v) is 5.35. The van der Waals surface area contributed by atoms with Crippen molar-refractivity contribution < 1.29 is 14.6 Å². The Bertz CT molecular complexity index is 259. The highest BCUT2D eigenvalue weighted by Crippen LogP contribution is 2.32. The van der Waals surface area contributed by atoms with Gasteiger partial charge in [0.25, 0.3) is 0 Å². The molecule has 17 heavy (non-hydrogen) atoms. The third-order valence-electron chi connectivity index (χ3n) is 3.76. The Morgan fingerprint density at radius 1 is 1.47 bits per heavy atom. The van der Waals surface area contributed by atoms with Crippen LogP contribution in [0.2, 0.25) is 0 Å². The molecule has 1 N–H and O–H groups in total. The fourth-order valence-electron chi connectivity index (χ4n) is 2.36. The molecule has 1 aliphatic heterocycles. The maximum atomic E-state index is 11.8. The van der Waals surface area contributed by atoms with E-state index in [2.05, 4.69) is 0 Å². The van der Waals surface area contributed by atoms with Gasteiger partial charge in [0.2, 0.25) is 5.91 Å². The van der Waals surface area contributed by atoms with E-state index in [-0.39, 0.29) is 18.1 Å². The van der Waals surface area contributed by atoms with Gasteiger partial charge in [0.15, 0.2) is 0 Å². The van der Waals surface area contributed by atoms with Gasteiger partial charge in [-0.2, -0.15) is 0 Å². The van der Waals surface area contributed by atoms with Crippen LogP contribution in [0.5, 0.6) is 0 Å².